The van der Waals surface area contributed by atoms with E-state index in [-0.39, 0.29) is 5.92 Å². The number of pyridine rings is 2. The molecule has 3 aromatic heterocycles. The predicted octanol–water partition coefficient (Wildman–Crippen LogP) is 5.81. The van der Waals surface area contributed by atoms with E-state index in [9.17, 15) is 0 Å². The van der Waals surface area contributed by atoms with E-state index in [1.807, 2.05) is 24.5 Å². The third kappa shape index (κ3) is 1.92. The van der Waals surface area contributed by atoms with Gasteiger partial charge in [-0.1, -0.05) is 31.2 Å². The van der Waals surface area contributed by atoms with Crippen molar-refractivity contribution in [1.82, 2.24) is 15.0 Å². The number of hydrogen-bond acceptors (Lipinski definition) is 3. The Labute approximate surface area is 162 Å². The molecule has 0 fully saturated rings. The van der Waals surface area contributed by atoms with Crippen LogP contribution in [0.2, 0.25) is 0 Å². The number of aryl methyl sites for hydroxylation is 1. The van der Waals surface area contributed by atoms with Crippen molar-refractivity contribution in [3.63, 3.8) is 0 Å². The van der Waals surface area contributed by atoms with E-state index in [1.165, 1.54) is 16.5 Å². The number of para-hydroxylation sites is 1. The van der Waals surface area contributed by atoms with Gasteiger partial charge in [0.25, 0.3) is 0 Å². The standard InChI is InChI=1S/C24H18N4/c1-13-19-16-8-5-11-25-23(16)24-17(9-6-12-26-24)22(19)28-21(13)20-14(2)27-18-10-4-3-7-15(18)20/h3-13,27H,1-2H3. The molecule has 5 aromatic rings. The lowest BCUT2D eigenvalue weighted by Gasteiger charge is -2.13. The number of aromatic nitrogens is 3. The van der Waals surface area contributed by atoms with Gasteiger partial charge in [-0.15, -0.1) is 0 Å². The fourth-order valence-corrected chi connectivity index (χ4v) is 4.66. The number of nitrogens with one attached hydrogen (secondary N) is 1. The minimum Gasteiger partial charge on any atom is -0.358 e. The number of H-pyrrole nitrogens is 1. The van der Waals surface area contributed by atoms with Crippen molar-refractivity contribution < 1.29 is 0 Å². The van der Waals surface area contributed by atoms with Crippen LogP contribution in [-0.4, -0.2) is 20.7 Å². The molecule has 1 unspecified atom stereocenters. The topological polar surface area (TPSA) is 53.9 Å². The Morgan fingerprint density at radius 1 is 0.821 bits per heavy atom. The van der Waals surface area contributed by atoms with Gasteiger partial charge < -0.3 is 4.98 Å². The summed E-state index contributed by atoms with van der Waals surface area (Å²) in [4.78, 5) is 18.0. The Morgan fingerprint density at radius 2 is 1.50 bits per heavy atom. The second-order valence-electron chi connectivity index (χ2n) is 7.45. The van der Waals surface area contributed by atoms with Crippen LogP contribution in [0.3, 0.4) is 0 Å². The smallest absolute Gasteiger partial charge is 0.0986 e. The Morgan fingerprint density at radius 3 is 2.32 bits per heavy atom. The van der Waals surface area contributed by atoms with E-state index in [0.29, 0.717) is 0 Å². The Kier molecular flexibility index (Phi) is 3.04. The van der Waals surface area contributed by atoms with Gasteiger partial charge in [-0.3, -0.25) is 15.0 Å². The molecular weight excluding hydrogens is 344 g/mol. The van der Waals surface area contributed by atoms with Crippen LogP contribution in [0.4, 0.5) is 5.69 Å². The largest absolute Gasteiger partial charge is 0.358 e. The zero-order valence-electron chi connectivity index (χ0n) is 15.7. The predicted molar refractivity (Wildman–Crippen MR) is 115 cm³/mol. The van der Waals surface area contributed by atoms with Gasteiger partial charge in [0.2, 0.25) is 0 Å². The highest BCUT2D eigenvalue weighted by Crippen LogP contribution is 2.47. The van der Waals surface area contributed by atoms with Gasteiger partial charge in [-0.2, -0.15) is 0 Å². The summed E-state index contributed by atoms with van der Waals surface area (Å²) in [6, 6.07) is 16.7. The normalized spacial score (nSPS) is 16.1. The van der Waals surface area contributed by atoms with Gasteiger partial charge in [0, 0.05) is 51.2 Å². The van der Waals surface area contributed by atoms with Crippen molar-refractivity contribution in [3.05, 3.63) is 77.7 Å². The molecule has 0 saturated carbocycles. The summed E-state index contributed by atoms with van der Waals surface area (Å²) in [6.07, 6.45) is 3.67. The van der Waals surface area contributed by atoms with E-state index < -0.39 is 0 Å². The van der Waals surface area contributed by atoms with E-state index in [2.05, 4.69) is 65.2 Å². The average Bonchev–Trinajstić information content (AvgIpc) is 3.24. The zero-order valence-corrected chi connectivity index (χ0v) is 15.7. The van der Waals surface area contributed by atoms with Gasteiger partial charge in [0.15, 0.2) is 0 Å². The quantitative estimate of drug-likeness (QED) is 0.383. The lowest BCUT2D eigenvalue weighted by molar-refractivity contribution is 1.07. The number of nitrogens with zero attached hydrogens (tertiary/aromatic N) is 3. The minimum absolute atomic E-state index is 0.184. The van der Waals surface area contributed by atoms with Gasteiger partial charge in [-0.05, 0) is 36.8 Å². The van der Waals surface area contributed by atoms with E-state index >= 15 is 0 Å². The first kappa shape index (κ1) is 15.5. The average molecular weight is 362 g/mol. The van der Waals surface area contributed by atoms with Crippen LogP contribution in [0.1, 0.15) is 29.7 Å². The van der Waals surface area contributed by atoms with Crippen molar-refractivity contribution >= 4 is 44.1 Å². The van der Waals surface area contributed by atoms with Crippen molar-refractivity contribution in [3.8, 4) is 0 Å². The molecule has 0 amide bonds. The summed E-state index contributed by atoms with van der Waals surface area (Å²) in [5, 5.41) is 3.44. The molecule has 0 aliphatic carbocycles. The first-order valence-electron chi connectivity index (χ1n) is 9.55. The van der Waals surface area contributed by atoms with Crippen molar-refractivity contribution in [1.29, 1.82) is 0 Å². The summed E-state index contributed by atoms with van der Waals surface area (Å²) in [5.74, 6) is 0.184. The third-order valence-electron chi connectivity index (χ3n) is 5.87. The van der Waals surface area contributed by atoms with Gasteiger partial charge in [0.05, 0.1) is 22.4 Å². The maximum absolute atomic E-state index is 5.19. The van der Waals surface area contributed by atoms with Crippen LogP contribution in [0, 0.1) is 6.92 Å². The molecule has 0 spiro atoms. The monoisotopic (exact) mass is 362 g/mol. The molecule has 1 aliphatic heterocycles. The number of aromatic amines is 1. The number of fused-ring (bicyclic) bond motifs is 7. The fourth-order valence-electron chi connectivity index (χ4n) is 4.66. The van der Waals surface area contributed by atoms with E-state index in [0.717, 1.165) is 44.4 Å². The van der Waals surface area contributed by atoms with Gasteiger partial charge >= 0.3 is 0 Å². The summed E-state index contributed by atoms with van der Waals surface area (Å²) < 4.78 is 0. The van der Waals surface area contributed by atoms with Crippen LogP contribution in [0.5, 0.6) is 0 Å². The Hall–Kier alpha value is -3.53. The third-order valence-corrected chi connectivity index (χ3v) is 5.87. The summed E-state index contributed by atoms with van der Waals surface area (Å²) >= 11 is 0. The number of benzene rings is 2. The Bertz CT molecular complexity index is 1440. The molecule has 134 valence electrons. The van der Waals surface area contributed by atoms with Crippen LogP contribution < -0.4 is 0 Å². The second-order valence-corrected chi connectivity index (χ2v) is 7.45. The molecule has 4 nitrogen and oxygen atoms in total. The summed E-state index contributed by atoms with van der Waals surface area (Å²) in [7, 11) is 0. The molecule has 0 radical (unpaired) electrons. The summed E-state index contributed by atoms with van der Waals surface area (Å²) in [6.45, 7) is 4.38. The number of rotatable bonds is 1. The lowest BCUT2D eigenvalue weighted by atomic mass is 9.89. The minimum atomic E-state index is 0.184. The van der Waals surface area contributed by atoms with Crippen molar-refractivity contribution in [2.45, 2.75) is 19.8 Å². The van der Waals surface area contributed by atoms with E-state index in [1.54, 1.807) is 0 Å². The van der Waals surface area contributed by atoms with Crippen molar-refractivity contribution in [2.24, 2.45) is 4.99 Å². The second kappa shape index (κ2) is 5.49. The highest BCUT2D eigenvalue weighted by atomic mass is 14.8. The maximum atomic E-state index is 5.19. The molecule has 1 atom stereocenters. The molecule has 6 rings (SSSR count). The highest BCUT2D eigenvalue weighted by molar-refractivity contribution is 6.23. The molecule has 0 bridgehead atoms. The first-order chi connectivity index (χ1) is 13.7. The highest BCUT2D eigenvalue weighted by Gasteiger charge is 2.31. The van der Waals surface area contributed by atoms with E-state index in [4.69, 9.17) is 4.99 Å². The first-order valence-corrected chi connectivity index (χ1v) is 9.55. The maximum Gasteiger partial charge on any atom is 0.0986 e. The molecule has 28 heavy (non-hydrogen) atoms. The van der Waals surface area contributed by atoms with Crippen LogP contribution in [-0.2, 0) is 0 Å². The number of aliphatic imine (C=N–C) groups is 1. The molecule has 2 aromatic carbocycles. The van der Waals surface area contributed by atoms with Gasteiger partial charge in [0.1, 0.15) is 0 Å². The molecule has 1 aliphatic rings. The molecule has 1 N–H and O–H groups in total. The van der Waals surface area contributed by atoms with Crippen molar-refractivity contribution in [2.75, 3.05) is 0 Å². The van der Waals surface area contributed by atoms with Gasteiger partial charge in [-0.25, -0.2) is 0 Å². The number of hydrogen-bond donors (Lipinski definition) is 1. The molecule has 0 saturated heterocycles. The van der Waals surface area contributed by atoms with Crippen LogP contribution >= 0.6 is 0 Å². The van der Waals surface area contributed by atoms with Crippen LogP contribution in [0.15, 0.2) is 65.9 Å². The Balaban J connectivity index is 1.72. The molecule has 4 heterocycles. The fraction of sp³-hybridized carbons (Fsp3) is 0.125. The lowest BCUT2D eigenvalue weighted by Crippen LogP contribution is -2.08. The molecular formula is C24H18N4. The molecule has 4 heteroatoms. The SMILES string of the molecule is Cc1[nH]c2ccccc2c1C1=Nc2c(c3cccnc3c3ncccc23)C1C. The van der Waals surface area contributed by atoms with Crippen LogP contribution in [0.25, 0.3) is 32.7 Å². The zero-order chi connectivity index (χ0) is 18.8. The summed E-state index contributed by atoms with van der Waals surface area (Å²) in [5.41, 5.74) is 8.81.